The van der Waals surface area contributed by atoms with Crippen LogP contribution in [0.15, 0.2) is 0 Å². The summed E-state index contributed by atoms with van der Waals surface area (Å²) >= 11 is 0. The molecule has 0 saturated carbocycles. The fourth-order valence-electron chi connectivity index (χ4n) is 1.88. The molecule has 0 amide bonds. The SMILES string of the molecule is CN1CCN(CC2OCCCO2)CC1. The number of rotatable bonds is 2. The zero-order valence-corrected chi connectivity index (χ0v) is 8.95. The Hall–Kier alpha value is -0.160. The van der Waals surface area contributed by atoms with Crippen molar-refractivity contribution in [3.05, 3.63) is 0 Å². The van der Waals surface area contributed by atoms with E-state index >= 15 is 0 Å². The molecule has 2 aliphatic rings. The lowest BCUT2D eigenvalue weighted by molar-refractivity contribution is -0.187. The fraction of sp³-hybridized carbons (Fsp3) is 1.00. The number of likely N-dealkylation sites (N-methyl/N-ethyl adjacent to an activating group) is 1. The Morgan fingerprint density at radius 2 is 1.71 bits per heavy atom. The molecule has 2 aliphatic heterocycles. The van der Waals surface area contributed by atoms with Crippen molar-refractivity contribution in [2.45, 2.75) is 12.7 Å². The van der Waals surface area contributed by atoms with Gasteiger partial charge in [-0.25, -0.2) is 0 Å². The zero-order chi connectivity index (χ0) is 9.80. The monoisotopic (exact) mass is 200 g/mol. The van der Waals surface area contributed by atoms with Crippen LogP contribution in [0.1, 0.15) is 6.42 Å². The van der Waals surface area contributed by atoms with Gasteiger partial charge < -0.3 is 14.4 Å². The van der Waals surface area contributed by atoms with Crippen LogP contribution in [0.4, 0.5) is 0 Å². The van der Waals surface area contributed by atoms with Gasteiger partial charge in [-0.1, -0.05) is 0 Å². The summed E-state index contributed by atoms with van der Waals surface area (Å²) in [5.41, 5.74) is 0. The van der Waals surface area contributed by atoms with Gasteiger partial charge >= 0.3 is 0 Å². The normalized spacial score (nSPS) is 28.1. The minimum atomic E-state index is 0.0205. The first-order chi connectivity index (χ1) is 6.84. The molecule has 4 heteroatoms. The van der Waals surface area contributed by atoms with Crippen LogP contribution in [0.3, 0.4) is 0 Å². The maximum Gasteiger partial charge on any atom is 0.170 e. The third kappa shape index (κ3) is 2.92. The summed E-state index contributed by atoms with van der Waals surface area (Å²) < 4.78 is 11.1. The topological polar surface area (TPSA) is 24.9 Å². The maximum atomic E-state index is 5.53. The smallest absolute Gasteiger partial charge is 0.170 e. The summed E-state index contributed by atoms with van der Waals surface area (Å²) in [4.78, 5) is 4.79. The fourth-order valence-corrected chi connectivity index (χ4v) is 1.88. The molecule has 2 fully saturated rings. The molecule has 14 heavy (non-hydrogen) atoms. The minimum absolute atomic E-state index is 0.0205. The summed E-state index contributed by atoms with van der Waals surface area (Å²) in [6.07, 6.45) is 1.06. The maximum absolute atomic E-state index is 5.53. The second-order valence-electron chi connectivity index (χ2n) is 4.13. The largest absolute Gasteiger partial charge is 0.351 e. The van der Waals surface area contributed by atoms with Gasteiger partial charge in [0, 0.05) is 32.7 Å². The molecule has 2 rings (SSSR count). The molecule has 0 aromatic rings. The molecular weight excluding hydrogens is 180 g/mol. The first-order valence-electron chi connectivity index (χ1n) is 5.49. The van der Waals surface area contributed by atoms with Crippen molar-refractivity contribution < 1.29 is 9.47 Å². The van der Waals surface area contributed by atoms with Gasteiger partial charge in [0.05, 0.1) is 13.2 Å². The molecule has 0 aromatic carbocycles. The molecule has 0 spiro atoms. The summed E-state index contributed by atoms with van der Waals surface area (Å²) in [5, 5.41) is 0. The lowest BCUT2D eigenvalue weighted by Crippen LogP contribution is -2.48. The lowest BCUT2D eigenvalue weighted by atomic mass is 10.3. The second kappa shape index (κ2) is 5.07. The van der Waals surface area contributed by atoms with E-state index in [1.807, 2.05) is 0 Å². The van der Waals surface area contributed by atoms with E-state index in [1.165, 1.54) is 0 Å². The number of ether oxygens (including phenoxy) is 2. The Bertz CT molecular complexity index is 164. The van der Waals surface area contributed by atoms with Gasteiger partial charge in [0.2, 0.25) is 0 Å². The van der Waals surface area contributed by atoms with E-state index in [0.29, 0.717) is 0 Å². The average molecular weight is 200 g/mol. The highest BCUT2D eigenvalue weighted by molar-refractivity contribution is 4.70. The molecule has 0 aromatic heterocycles. The van der Waals surface area contributed by atoms with E-state index in [1.54, 1.807) is 0 Å². The van der Waals surface area contributed by atoms with Crippen molar-refractivity contribution >= 4 is 0 Å². The van der Waals surface area contributed by atoms with E-state index in [-0.39, 0.29) is 6.29 Å². The molecule has 82 valence electrons. The van der Waals surface area contributed by atoms with E-state index < -0.39 is 0 Å². The Morgan fingerprint density at radius 1 is 1.07 bits per heavy atom. The van der Waals surface area contributed by atoms with Crippen molar-refractivity contribution in [2.75, 3.05) is 53.0 Å². The predicted octanol–water partition coefficient (Wildman–Crippen LogP) is -0.00320. The Morgan fingerprint density at radius 3 is 2.36 bits per heavy atom. The van der Waals surface area contributed by atoms with Crippen LogP contribution in [0.25, 0.3) is 0 Å². The number of hydrogen-bond acceptors (Lipinski definition) is 4. The number of nitrogens with zero attached hydrogens (tertiary/aromatic N) is 2. The summed E-state index contributed by atoms with van der Waals surface area (Å²) in [6.45, 7) is 7.25. The standard InChI is InChI=1S/C10H20N2O2/c1-11-3-5-12(6-4-11)9-10-13-7-2-8-14-10/h10H,2-9H2,1H3. The average Bonchev–Trinajstić information content (AvgIpc) is 2.23. The van der Waals surface area contributed by atoms with Gasteiger partial charge in [-0.2, -0.15) is 0 Å². The molecule has 2 heterocycles. The first kappa shape index (κ1) is 10.4. The minimum Gasteiger partial charge on any atom is -0.351 e. The highest BCUT2D eigenvalue weighted by atomic mass is 16.7. The Labute approximate surface area is 85.8 Å². The van der Waals surface area contributed by atoms with Gasteiger partial charge in [-0.05, 0) is 13.5 Å². The summed E-state index contributed by atoms with van der Waals surface area (Å²) in [6, 6.07) is 0. The third-order valence-corrected chi connectivity index (χ3v) is 2.90. The van der Waals surface area contributed by atoms with Gasteiger partial charge in [0.25, 0.3) is 0 Å². The summed E-state index contributed by atoms with van der Waals surface area (Å²) in [5.74, 6) is 0. The molecule has 0 unspecified atom stereocenters. The van der Waals surface area contributed by atoms with Crippen LogP contribution >= 0.6 is 0 Å². The van der Waals surface area contributed by atoms with Crippen molar-refractivity contribution in [3.8, 4) is 0 Å². The number of hydrogen-bond donors (Lipinski definition) is 0. The Kier molecular flexibility index (Phi) is 3.75. The van der Waals surface area contributed by atoms with E-state index in [2.05, 4.69) is 16.8 Å². The van der Waals surface area contributed by atoms with E-state index in [0.717, 1.165) is 52.4 Å². The molecule has 0 N–H and O–H groups in total. The van der Waals surface area contributed by atoms with E-state index in [4.69, 9.17) is 9.47 Å². The van der Waals surface area contributed by atoms with Crippen LogP contribution in [0.5, 0.6) is 0 Å². The van der Waals surface area contributed by atoms with E-state index in [9.17, 15) is 0 Å². The number of piperazine rings is 1. The van der Waals surface area contributed by atoms with Crippen LogP contribution in [0, 0.1) is 0 Å². The van der Waals surface area contributed by atoms with Crippen molar-refractivity contribution in [3.63, 3.8) is 0 Å². The molecule has 0 bridgehead atoms. The molecular formula is C10H20N2O2. The molecule has 0 radical (unpaired) electrons. The van der Waals surface area contributed by atoms with Gasteiger partial charge in [-0.15, -0.1) is 0 Å². The molecule has 2 saturated heterocycles. The van der Waals surface area contributed by atoms with Crippen LogP contribution in [-0.2, 0) is 9.47 Å². The van der Waals surface area contributed by atoms with Crippen molar-refractivity contribution in [1.82, 2.24) is 9.80 Å². The molecule has 0 aliphatic carbocycles. The predicted molar refractivity (Wildman–Crippen MR) is 54.2 cm³/mol. The quantitative estimate of drug-likeness (QED) is 0.626. The van der Waals surface area contributed by atoms with Crippen LogP contribution in [0.2, 0.25) is 0 Å². The van der Waals surface area contributed by atoms with Crippen LogP contribution < -0.4 is 0 Å². The summed E-state index contributed by atoms with van der Waals surface area (Å²) in [7, 11) is 2.17. The van der Waals surface area contributed by atoms with Crippen molar-refractivity contribution in [1.29, 1.82) is 0 Å². The zero-order valence-electron chi connectivity index (χ0n) is 8.95. The van der Waals surface area contributed by atoms with Gasteiger partial charge in [-0.3, -0.25) is 4.90 Å². The molecule has 0 atom stereocenters. The lowest BCUT2D eigenvalue weighted by Gasteiger charge is -2.35. The molecule has 4 nitrogen and oxygen atoms in total. The Balaban J connectivity index is 1.68. The van der Waals surface area contributed by atoms with Crippen LogP contribution in [-0.4, -0.2) is 69.1 Å². The van der Waals surface area contributed by atoms with Crippen molar-refractivity contribution in [2.24, 2.45) is 0 Å². The highest BCUT2D eigenvalue weighted by Gasteiger charge is 2.20. The van der Waals surface area contributed by atoms with Gasteiger partial charge in [0.1, 0.15) is 0 Å². The highest BCUT2D eigenvalue weighted by Crippen LogP contribution is 2.08. The second-order valence-corrected chi connectivity index (χ2v) is 4.13. The third-order valence-electron chi connectivity index (χ3n) is 2.90. The van der Waals surface area contributed by atoms with Gasteiger partial charge in [0.15, 0.2) is 6.29 Å². The first-order valence-corrected chi connectivity index (χ1v) is 5.49.